The number of halogens is 1. The third-order valence-electron chi connectivity index (χ3n) is 3.51. The second-order valence-electron chi connectivity index (χ2n) is 5.54. The molecule has 1 saturated carbocycles. The van der Waals surface area contributed by atoms with Crippen LogP contribution in [-0.4, -0.2) is 18.0 Å². The Morgan fingerprint density at radius 3 is 2.45 bits per heavy atom. The quantitative estimate of drug-likeness (QED) is 0.908. The SMILES string of the molecule is CC(=O)C1CCCC1.CC(F)Oc1cccc(CC(N)=O)c1. The van der Waals surface area contributed by atoms with Crippen LogP contribution in [0.15, 0.2) is 24.3 Å². The molecular formula is C17H24FNO3. The molecule has 0 heterocycles. The molecule has 5 heteroatoms. The number of ether oxygens (including phenoxy) is 1. The first-order chi connectivity index (χ1) is 10.4. The lowest BCUT2D eigenvalue weighted by Gasteiger charge is -2.07. The van der Waals surface area contributed by atoms with Gasteiger partial charge in [-0.2, -0.15) is 0 Å². The Bertz CT molecular complexity index is 496. The molecule has 2 rings (SSSR count). The van der Waals surface area contributed by atoms with Crippen LogP contribution < -0.4 is 10.5 Å². The van der Waals surface area contributed by atoms with E-state index in [0.29, 0.717) is 17.5 Å². The van der Waals surface area contributed by atoms with Gasteiger partial charge in [-0.15, -0.1) is 0 Å². The first-order valence-corrected chi connectivity index (χ1v) is 7.57. The number of carbonyl (C=O) groups is 2. The van der Waals surface area contributed by atoms with Crippen LogP contribution in [0.3, 0.4) is 0 Å². The maximum Gasteiger partial charge on any atom is 0.235 e. The van der Waals surface area contributed by atoms with Crippen molar-refractivity contribution < 1.29 is 18.7 Å². The fraction of sp³-hybridized carbons (Fsp3) is 0.529. The number of benzene rings is 1. The van der Waals surface area contributed by atoms with Gasteiger partial charge in [0.05, 0.1) is 6.42 Å². The van der Waals surface area contributed by atoms with Crippen molar-refractivity contribution in [3.8, 4) is 5.75 Å². The zero-order valence-electron chi connectivity index (χ0n) is 13.2. The summed E-state index contributed by atoms with van der Waals surface area (Å²) < 4.78 is 17.3. The van der Waals surface area contributed by atoms with Gasteiger partial charge in [0.1, 0.15) is 11.5 Å². The number of ketones is 1. The van der Waals surface area contributed by atoms with Crippen LogP contribution in [-0.2, 0) is 16.0 Å². The predicted molar refractivity (Wildman–Crippen MR) is 83.2 cm³/mol. The molecule has 0 radical (unpaired) electrons. The highest BCUT2D eigenvalue weighted by molar-refractivity contribution is 5.78. The minimum atomic E-state index is -1.36. The molecule has 0 aromatic heterocycles. The number of nitrogens with two attached hydrogens (primary N) is 1. The highest BCUT2D eigenvalue weighted by atomic mass is 19.1. The van der Waals surface area contributed by atoms with Crippen molar-refractivity contribution in [2.75, 3.05) is 0 Å². The molecule has 1 fully saturated rings. The summed E-state index contributed by atoms with van der Waals surface area (Å²) in [6, 6.07) is 6.65. The number of hydrogen-bond acceptors (Lipinski definition) is 3. The normalized spacial score (nSPS) is 15.6. The average Bonchev–Trinajstić information content (AvgIpc) is 2.92. The zero-order chi connectivity index (χ0) is 16.5. The zero-order valence-corrected chi connectivity index (χ0v) is 13.2. The highest BCUT2D eigenvalue weighted by Crippen LogP contribution is 2.24. The number of alkyl halides is 1. The highest BCUT2D eigenvalue weighted by Gasteiger charge is 2.18. The van der Waals surface area contributed by atoms with Gasteiger partial charge in [-0.05, 0) is 37.5 Å². The van der Waals surface area contributed by atoms with Crippen molar-refractivity contribution in [3.05, 3.63) is 29.8 Å². The van der Waals surface area contributed by atoms with Gasteiger partial charge in [-0.3, -0.25) is 9.59 Å². The molecule has 1 aromatic carbocycles. The summed E-state index contributed by atoms with van der Waals surface area (Å²) in [6.07, 6.45) is 3.61. The Labute approximate surface area is 130 Å². The lowest BCUT2D eigenvalue weighted by atomic mass is 10.0. The Morgan fingerprint density at radius 1 is 1.36 bits per heavy atom. The fourth-order valence-electron chi connectivity index (χ4n) is 2.45. The van der Waals surface area contributed by atoms with E-state index in [-0.39, 0.29) is 6.42 Å². The molecule has 1 atom stereocenters. The Balaban J connectivity index is 0.000000255. The number of rotatable bonds is 5. The summed E-state index contributed by atoms with van der Waals surface area (Å²) >= 11 is 0. The van der Waals surface area contributed by atoms with E-state index in [1.54, 1.807) is 31.2 Å². The largest absolute Gasteiger partial charge is 0.461 e. The maximum absolute atomic E-state index is 12.5. The van der Waals surface area contributed by atoms with Gasteiger partial charge in [0, 0.05) is 12.8 Å². The van der Waals surface area contributed by atoms with Gasteiger partial charge in [0.25, 0.3) is 0 Å². The van der Waals surface area contributed by atoms with Crippen LogP contribution >= 0.6 is 0 Å². The van der Waals surface area contributed by atoms with E-state index in [2.05, 4.69) is 0 Å². The number of hydrogen-bond donors (Lipinski definition) is 1. The average molecular weight is 309 g/mol. The summed E-state index contributed by atoms with van der Waals surface area (Å²) in [6.45, 7) is 3.00. The first kappa shape index (κ1) is 18.1. The van der Waals surface area contributed by atoms with E-state index in [4.69, 9.17) is 10.5 Å². The number of amides is 1. The molecule has 2 N–H and O–H groups in total. The van der Waals surface area contributed by atoms with E-state index in [0.717, 1.165) is 18.4 Å². The van der Waals surface area contributed by atoms with Gasteiger partial charge in [0.2, 0.25) is 12.3 Å². The summed E-state index contributed by atoms with van der Waals surface area (Å²) in [5.41, 5.74) is 5.74. The minimum Gasteiger partial charge on any atom is -0.461 e. The fourth-order valence-corrected chi connectivity index (χ4v) is 2.45. The maximum atomic E-state index is 12.5. The molecule has 1 aliphatic carbocycles. The molecule has 1 aliphatic rings. The molecule has 22 heavy (non-hydrogen) atoms. The van der Waals surface area contributed by atoms with E-state index >= 15 is 0 Å². The van der Waals surface area contributed by atoms with Crippen LogP contribution in [0.1, 0.15) is 45.1 Å². The van der Waals surface area contributed by atoms with Gasteiger partial charge in [-0.1, -0.05) is 25.0 Å². The van der Waals surface area contributed by atoms with Crippen LogP contribution in [0, 0.1) is 5.92 Å². The van der Waals surface area contributed by atoms with Gasteiger partial charge < -0.3 is 10.5 Å². The van der Waals surface area contributed by atoms with Crippen LogP contribution in [0.25, 0.3) is 0 Å². The third-order valence-corrected chi connectivity index (χ3v) is 3.51. The molecule has 1 amide bonds. The minimum absolute atomic E-state index is 0.137. The van der Waals surface area contributed by atoms with Crippen molar-refractivity contribution in [2.45, 2.75) is 52.3 Å². The molecule has 0 spiro atoms. The lowest BCUT2D eigenvalue weighted by molar-refractivity contribution is -0.120. The Morgan fingerprint density at radius 2 is 2.00 bits per heavy atom. The van der Waals surface area contributed by atoms with Crippen molar-refractivity contribution in [3.63, 3.8) is 0 Å². The number of carbonyl (C=O) groups excluding carboxylic acids is 2. The second-order valence-corrected chi connectivity index (χ2v) is 5.54. The molecular weight excluding hydrogens is 285 g/mol. The Hall–Kier alpha value is -1.91. The van der Waals surface area contributed by atoms with Gasteiger partial charge in [-0.25, -0.2) is 4.39 Å². The van der Waals surface area contributed by atoms with Crippen LogP contribution in [0.5, 0.6) is 5.75 Å². The van der Waals surface area contributed by atoms with E-state index in [9.17, 15) is 14.0 Å². The van der Waals surface area contributed by atoms with Crippen LogP contribution in [0.4, 0.5) is 4.39 Å². The lowest BCUT2D eigenvalue weighted by Crippen LogP contribution is -2.13. The number of primary amides is 1. The third kappa shape index (κ3) is 7.20. The first-order valence-electron chi connectivity index (χ1n) is 7.57. The van der Waals surface area contributed by atoms with E-state index < -0.39 is 12.3 Å². The standard InChI is InChI=1S/C10H12FNO2.C7H12O/c1-7(11)14-9-4-2-3-8(5-9)6-10(12)13;1-6(8)7-4-2-3-5-7/h2-5,7H,6H2,1H3,(H2,12,13);7H,2-5H2,1H3. The molecule has 0 aliphatic heterocycles. The van der Waals surface area contributed by atoms with Crippen molar-refractivity contribution in [2.24, 2.45) is 11.7 Å². The molecule has 122 valence electrons. The van der Waals surface area contributed by atoms with Crippen molar-refractivity contribution >= 4 is 11.7 Å². The van der Waals surface area contributed by atoms with E-state index in [1.807, 2.05) is 0 Å². The summed E-state index contributed by atoms with van der Waals surface area (Å²) in [5, 5.41) is 0. The molecule has 0 saturated heterocycles. The van der Waals surface area contributed by atoms with Crippen LogP contribution in [0.2, 0.25) is 0 Å². The molecule has 4 nitrogen and oxygen atoms in total. The summed E-state index contributed by atoms with van der Waals surface area (Å²) in [5.74, 6) is 0.798. The Kier molecular flexibility index (Phi) is 7.57. The second kappa shape index (κ2) is 9.18. The monoisotopic (exact) mass is 309 g/mol. The molecule has 1 unspecified atom stereocenters. The predicted octanol–water partition coefficient (Wildman–Crippen LogP) is 3.17. The summed E-state index contributed by atoms with van der Waals surface area (Å²) in [7, 11) is 0. The van der Waals surface area contributed by atoms with Crippen molar-refractivity contribution in [1.82, 2.24) is 0 Å². The topological polar surface area (TPSA) is 69.4 Å². The number of Topliss-reactive ketones (excluding diaryl/α,β-unsaturated/α-hetero) is 1. The molecule has 0 bridgehead atoms. The van der Waals surface area contributed by atoms with Gasteiger partial charge in [0.15, 0.2) is 0 Å². The molecule has 1 aromatic rings. The van der Waals surface area contributed by atoms with E-state index in [1.165, 1.54) is 19.8 Å². The smallest absolute Gasteiger partial charge is 0.235 e. The summed E-state index contributed by atoms with van der Waals surface area (Å²) in [4.78, 5) is 21.3. The van der Waals surface area contributed by atoms with Gasteiger partial charge >= 0.3 is 0 Å². The van der Waals surface area contributed by atoms with Crippen molar-refractivity contribution in [1.29, 1.82) is 0 Å².